The van der Waals surface area contributed by atoms with Gasteiger partial charge in [-0.15, -0.1) is 0 Å². The van der Waals surface area contributed by atoms with Crippen LogP contribution in [0.2, 0.25) is 0 Å². The Morgan fingerprint density at radius 3 is 2.41 bits per heavy atom. The number of ether oxygens (including phenoxy) is 1. The predicted octanol–water partition coefficient (Wildman–Crippen LogP) is 7.34. The minimum absolute atomic E-state index is 0.00631. The summed E-state index contributed by atoms with van der Waals surface area (Å²) >= 11 is 1.39. The highest BCUT2D eigenvalue weighted by atomic mass is 32.1. The van der Waals surface area contributed by atoms with Gasteiger partial charge in [0.25, 0.3) is 11.8 Å². The molecule has 4 aromatic carbocycles. The third-order valence-corrected chi connectivity index (χ3v) is 16.8. The zero-order valence-corrected chi connectivity index (χ0v) is 45.2. The van der Waals surface area contributed by atoms with Crippen molar-refractivity contribution in [3.63, 3.8) is 0 Å². The molecule has 4 aliphatic heterocycles. The zero-order chi connectivity index (χ0) is 55.3. The zero-order valence-electron chi connectivity index (χ0n) is 44.4. The fourth-order valence-corrected chi connectivity index (χ4v) is 12.6. The van der Waals surface area contributed by atoms with Crippen molar-refractivity contribution in [3.8, 4) is 16.9 Å². The number of carboxylic acids is 1. The lowest BCUT2D eigenvalue weighted by molar-refractivity contribution is -0.136. The molecule has 410 valence electrons. The number of hydrogen-bond acceptors (Lipinski definition) is 14. The number of rotatable bonds is 14. The number of imide groups is 1. The third-order valence-electron chi connectivity index (χ3n) is 15.8. The van der Waals surface area contributed by atoms with Gasteiger partial charge < -0.3 is 24.5 Å². The molecule has 0 spiro atoms. The SMILES string of the molecule is Cc1c(OCC(F)(F)CN2CC(C)N(CC(=O)N3CCN(c4ccc5c(C6CCC(=O)NC6=O)nn(C)c5c4)CC3)C(C)C2)cccc1-c1ccc(N2CCc3cccc(C(=O)Nc4nc5ccccc5s4)c3C2)nc1C(=O)O. The monoisotopic (exact) mass is 1090 g/mol. The number of benzene rings is 4. The van der Waals surface area contributed by atoms with Crippen molar-refractivity contribution in [2.24, 2.45) is 7.05 Å². The van der Waals surface area contributed by atoms with E-state index in [1.54, 1.807) is 52.9 Å². The van der Waals surface area contributed by atoms with Crippen LogP contribution in [0.5, 0.6) is 5.75 Å². The lowest BCUT2D eigenvalue weighted by atomic mass is 9.93. The summed E-state index contributed by atoms with van der Waals surface area (Å²) in [5.74, 6) is -5.25. The quantitative estimate of drug-likeness (QED) is 0.0914. The standard InChI is InChI=1S/C58H61F2N11O7S/c1-34-28-67(29-35(2)71(34)31-51(73)69-25-23-68(24-26-69)38-15-16-42-46(27-38)66(4)65-52(42)43-18-20-50(72)63-55(43)75)32-58(59,60)33-78-47-13-8-10-39(36(47)3)40-17-19-49(62-53(40)56(76)77)70-22-21-37-9-7-11-41(44(37)30-70)54(74)64-57-61-45-12-5-6-14-48(45)79-57/h5-17,19,27,34-35,43H,18,20-26,28-33H2,1-4H3,(H,76,77)(H,61,64,74)(H,63,72,75). The number of halogens is 2. The van der Waals surface area contributed by atoms with Crippen molar-refractivity contribution < 1.29 is 42.6 Å². The molecule has 3 N–H and O–H groups in total. The van der Waals surface area contributed by atoms with Crippen LogP contribution < -0.4 is 25.2 Å². The Labute approximate surface area is 458 Å². The highest BCUT2D eigenvalue weighted by Gasteiger charge is 2.39. The van der Waals surface area contributed by atoms with Gasteiger partial charge in [-0.25, -0.2) is 23.5 Å². The molecule has 3 unspecified atom stereocenters. The highest BCUT2D eigenvalue weighted by Crippen LogP contribution is 2.37. The van der Waals surface area contributed by atoms with Gasteiger partial charge in [-0.3, -0.25) is 44.3 Å². The molecule has 7 aromatic rings. The number of amides is 4. The number of carbonyl (C=O) groups excluding carboxylic acids is 4. The molecule has 79 heavy (non-hydrogen) atoms. The fraction of sp³-hybridized carbons (Fsp3) is 0.379. The minimum Gasteiger partial charge on any atom is -0.487 e. The van der Waals surface area contributed by atoms with Crippen molar-refractivity contribution in [1.29, 1.82) is 0 Å². The number of piperidine rings is 1. The van der Waals surface area contributed by atoms with E-state index in [1.165, 1.54) is 11.3 Å². The van der Waals surface area contributed by atoms with E-state index >= 15 is 8.78 Å². The molecule has 3 fully saturated rings. The summed E-state index contributed by atoms with van der Waals surface area (Å²) in [6.45, 7) is 8.19. The first-order valence-electron chi connectivity index (χ1n) is 26.7. The Balaban J connectivity index is 0.678. The van der Waals surface area contributed by atoms with E-state index in [0.717, 1.165) is 37.9 Å². The number of hydrogen-bond donors (Lipinski definition) is 3. The number of nitrogens with zero attached hydrogens (tertiary/aromatic N) is 9. The van der Waals surface area contributed by atoms with Gasteiger partial charge in [-0.2, -0.15) is 5.10 Å². The number of carboxylic acid groups (broad SMARTS) is 1. The molecular weight excluding hydrogens is 1030 g/mol. The van der Waals surface area contributed by atoms with Gasteiger partial charge in [-0.05, 0) is 110 Å². The molecule has 3 atom stereocenters. The number of anilines is 3. The number of para-hydroxylation sites is 1. The van der Waals surface area contributed by atoms with E-state index in [0.29, 0.717) is 104 Å². The van der Waals surface area contributed by atoms with Crippen LogP contribution in [0.25, 0.3) is 32.2 Å². The molecule has 4 amide bonds. The molecule has 3 saturated heterocycles. The maximum absolute atomic E-state index is 15.9. The highest BCUT2D eigenvalue weighted by molar-refractivity contribution is 7.22. The summed E-state index contributed by atoms with van der Waals surface area (Å²) in [7, 11) is 1.84. The first-order valence-corrected chi connectivity index (χ1v) is 27.5. The summed E-state index contributed by atoms with van der Waals surface area (Å²) < 4.78 is 40.4. The van der Waals surface area contributed by atoms with Crippen molar-refractivity contribution in [3.05, 3.63) is 125 Å². The number of alkyl halides is 2. The number of thiazole rings is 1. The van der Waals surface area contributed by atoms with E-state index in [2.05, 4.69) is 35.5 Å². The van der Waals surface area contributed by atoms with Crippen LogP contribution in [0, 0.1) is 6.92 Å². The summed E-state index contributed by atoms with van der Waals surface area (Å²) in [5, 5.41) is 21.9. The number of fused-ring (bicyclic) bond motifs is 3. The summed E-state index contributed by atoms with van der Waals surface area (Å²) in [4.78, 5) is 83.7. The molecule has 0 saturated carbocycles. The van der Waals surface area contributed by atoms with Gasteiger partial charge in [0.15, 0.2) is 17.4 Å². The number of carbonyl (C=O) groups is 5. The second kappa shape index (κ2) is 21.7. The van der Waals surface area contributed by atoms with Gasteiger partial charge in [0.05, 0.1) is 40.4 Å². The Kier molecular flexibility index (Phi) is 14.6. The van der Waals surface area contributed by atoms with Gasteiger partial charge in [-0.1, -0.05) is 47.7 Å². The number of nitrogens with one attached hydrogen (secondary N) is 2. The molecule has 0 aliphatic carbocycles. The van der Waals surface area contributed by atoms with Gasteiger partial charge in [0.1, 0.15) is 11.6 Å². The summed E-state index contributed by atoms with van der Waals surface area (Å²) in [6, 6.07) is 27.4. The molecular formula is C58H61F2N11O7S. The number of piperazine rings is 2. The second-order valence-electron chi connectivity index (χ2n) is 21.1. The smallest absolute Gasteiger partial charge is 0.355 e. The molecule has 0 bridgehead atoms. The van der Waals surface area contributed by atoms with E-state index in [1.807, 2.05) is 85.3 Å². The first kappa shape index (κ1) is 53.1. The maximum atomic E-state index is 15.9. The number of aromatic nitrogens is 4. The average molecular weight is 1090 g/mol. The molecule has 11 rings (SSSR count). The average Bonchev–Trinajstić information content (AvgIpc) is 4.13. The van der Waals surface area contributed by atoms with Crippen LogP contribution >= 0.6 is 11.3 Å². The molecule has 21 heteroatoms. The Morgan fingerprint density at radius 2 is 1.65 bits per heavy atom. The lowest BCUT2D eigenvalue weighted by Crippen LogP contribution is -2.61. The van der Waals surface area contributed by atoms with Gasteiger partial charge in [0.2, 0.25) is 17.7 Å². The largest absolute Gasteiger partial charge is 0.487 e. The Bertz CT molecular complexity index is 3500. The van der Waals surface area contributed by atoms with Crippen LogP contribution in [0.1, 0.15) is 75.8 Å². The normalized spacial score (nSPS) is 19.4. The summed E-state index contributed by atoms with van der Waals surface area (Å²) in [5.41, 5.74) is 6.73. The lowest BCUT2D eigenvalue weighted by Gasteiger charge is -2.45. The van der Waals surface area contributed by atoms with Crippen LogP contribution in [-0.2, 0) is 34.4 Å². The fourth-order valence-electron chi connectivity index (χ4n) is 11.8. The van der Waals surface area contributed by atoms with Gasteiger partial charge >= 0.3 is 5.97 Å². The molecule has 18 nitrogen and oxygen atoms in total. The van der Waals surface area contributed by atoms with Crippen LogP contribution in [0.3, 0.4) is 0 Å². The Morgan fingerprint density at radius 1 is 0.873 bits per heavy atom. The first-order chi connectivity index (χ1) is 38.0. The topological polar surface area (TPSA) is 199 Å². The van der Waals surface area contributed by atoms with Crippen molar-refractivity contribution in [2.45, 2.75) is 70.5 Å². The van der Waals surface area contributed by atoms with Crippen LogP contribution in [-0.4, -0.2) is 153 Å². The van der Waals surface area contributed by atoms with Crippen molar-refractivity contribution in [2.75, 3.05) is 80.6 Å². The minimum atomic E-state index is -3.24. The number of aryl methyl sites for hydroxylation is 1. The predicted molar refractivity (Wildman–Crippen MR) is 297 cm³/mol. The second-order valence-corrected chi connectivity index (χ2v) is 22.2. The Hall–Kier alpha value is -7.88. The molecule has 0 radical (unpaired) electrons. The van der Waals surface area contributed by atoms with Gasteiger partial charge in [0, 0.05) is 100 Å². The molecule has 7 heterocycles. The van der Waals surface area contributed by atoms with Crippen LogP contribution in [0.15, 0.2) is 91.0 Å². The van der Waals surface area contributed by atoms with Crippen molar-refractivity contribution in [1.82, 2.24) is 39.8 Å². The van der Waals surface area contributed by atoms with E-state index in [-0.39, 0.29) is 60.1 Å². The molecule has 4 aliphatic rings. The van der Waals surface area contributed by atoms with E-state index < -0.39 is 31.0 Å². The maximum Gasteiger partial charge on any atom is 0.355 e. The summed E-state index contributed by atoms with van der Waals surface area (Å²) in [6.07, 6.45) is 1.30. The third kappa shape index (κ3) is 11.0. The van der Waals surface area contributed by atoms with E-state index in [9.17, 15) is 29.1 Å². The van der Waals surface area contributed by atoms with E-state index in [4.69, 9.17) is 4.74 Å². The molecule has 3 aromatic heterocycles. The van der Waals surface area contributed by atoms with Crippen LogP contribution in [0.4, 0.5) is 25.4 Å². The number of pyridine rings is 1. The van der Waals surface area contributed by atoms with Crippen molar-refractivity contribution >= 4 is 78.7 Å². The number of aromatic carboxylic acids is 1.